The summed E-state index contributed by atoms with van der Waals surface area (Å²) < 4.78 is 32.4. The van der Waals surface area contributed by atoms with Gasteiger partial charge in [-0.1, -0.05) is 121 Å². The van der Waals surface area contributed by atoms with Crippen molar-refractivity contribution in [3.63, 3.8) is 0 Å². The summed E-state index contributed by atoms with van der Waals surface area (Å²) in [6, 6.07) is 0. The van der Waals surface area contributed by atoms with Crippen LogP contribution in [0.25, 0.3) is 0 Å². The molecule has 0 spiro atoms. The quantitative estimate of drug-likeness (QED) is 0.0303. The Labute approximate surface area is 280 Å². The fourth-order valence-electron chi connectivity index (χ4n) is 4.58. The van der Waals surface area contributed by atoms with Crippen molar-refractivity contribution >= 4 is 19.8 Å². The maximum absolute atomic E-state index is 12.5. The summed E-state index contributed by atoms with van der Waals surface area (Å²) in [5, 5.41) is 0. The Morgan fingerprint density at radius 2 is 1.13 bits per heavy atom. The Hall–Kier alpha value is -1.77. The van der Waals surface area contributed by atoms with Crippen molar-refractivity contribution in [1.29, 1.82) is 0 Å². The second-order valence-electron chi connectivity index (χ2n) is 11.7. The van der Waals surface area contributed by atoms with E-state index in [1.54, 1.807) is 0 Å². The van der Waals surface area contributed by atoms with E-state index in [2.05, 4.69) is 50.3 Å². The van der Waals surface area contributed by atoms with Gasteiger partial charge in [0.25, 0.3) is 0 Å². The first-order chi connectivity index (χ1) is 22.3. The number of ether oxygens (including phenoxy) is 2. The number of hydrogen-bond acceptors (Lipinski definition) is 8. The SMILES string of the molecule is CCCCC/C=C\C/C=C\C/C=C\CCCCCCCCC(=O)OC(COC(=O)CCCCCCCC)COP(=O)(O)OCCN. The maximum atomic E-state index is 12.5. The molecule has 3 N–H and O–H groups in total. The van der Waals surface area contributed by atoms with Crippen LogP contribution >= 0.6 is 7.82 Å². The molecule has 268 valence electrons. The van der Waals surface area contributed by atoms with Crippen LogP contribution in [0.3, 0.4) is 0 Å². The van der Waals surface area contributed by atoms with Gasteiger partial charge in [0.2, 0.25) is 0 Å². The first-order valence-corrected chi connectivity index (χ1v) is 19.5. The molecule has 0 saturated carbocycles. The molecule has 0 aromatic rings. The molecule has 0 fully saturated rings. The summed E-state index contributed by atoms with van der Waals surface area (Å²) in [7, 11) is -4.36. The van der Waals surface area contributed by atoms with Crippen LogP contribution in [0.15, 0.2) is 36.5 Å². The van der Waals surface area contributed by atoms with Gasteiger partial charge in [-0.05, 0) is 51.4 Å². The van der Waals surface area contributed by atoms with E-state index in [4.69, 9.17) is 24.3 Å². The fraction of sp³-hybridized carbons (Fsp3) is 0.778. The van der Waals surface area contributed by atoms with E-state index in [1.165, 1.54) is 32.1 Å². The molecule has 2 unspecified atom stereocenters. The van der Waals surface area contributed by atoms with Crippen molar-refractivity contribution in [3.8, 4) is 0 Å². The van der Waals surface area contributed by atoms with Crippen molar-refractivity contribution in [2.75, 3.05) is 26.4 Å². The van der Waals surface area contributed by atoms with E-state index in [1.807, 2.05) is 0 Å². The second kappa shape index (κ2) is 33.1. The van der Waals surface area contributed by atoms with Gasteiger partial charge in [-0.3, -0.25) is 18.6 Å². The van der Waals surface area contributed by atoms with Gasteiger partial charge >= 0.3 is 19.8 Å². The van der Waals surface area contributed by atoms with Gasteiger partial charge in [0.1, 0.15) is 6.61 Å². The van der Waals surface area contributed by atoms with Gasteiger partial charge in [0, 0.05) is 19.4 Å². The van der Waals surface area contributed by atoms with Gasteiger partial charge < -0.3 is 20.1 Å². The minimum absolute atomic E-state index is 0.0506. The van der Waals surface area contributed by atoms with E-state index in [0.717, 1.165) is 83.5 Å². The largest absolute Gasteiger partial charge is 0.472 e. The summed E-state index contributed by atoms with van der Waals surface area (Å²) in [6.07, 6.45) is 33.4. The number of rotatable bonds is 33. The molecule has 0 saturated heterocycles. The molecule has 0 aliphatic heterocycles. The van der Waals surface area contributed by atoms with Crippen molar-refractivity contribution in [2.24, 2.45) is 5.73 Å². The normalized spacial score (nSPS) is 13.9. The lowest BCUT2D eigenvalue weighted by Gasteiger charge is -2.19. The highest BCUT2D eigenvalue weighted by atomic mass is 31.2. The fourth-order valence-corrected chi connectivity index (χ4v) is 5.35. The Morgan fingerprint density at radius 3 is 1.72 bits per heavy atom. The second-order valence-corrected chi connectivity index (χ2v) is 13.2. The van der Waals surface area contributed by atoms with E-state index >= 15 is 0 Å². The predicted molar refractivity (Wildman–Crippen MR) is 187 cm³/mol. The van der Waals surface area contributed by atoms with Gasteiger partial charge in [0.05, 0.1) is 13.2 Å². The first-order valence-electron chi connectivity index (χ1n) is 18.0. The summed E-state index contributed by atoms with van der Waals surface area (Å²) in [5.41, 5.74) is 5.31. The van der Waals surface area contributed by atoms with Crippen molar-refractivity contribution in [1.82, 2.24) is 0 Å². The van der Waals surface area contributed by atoms with Crippen LogP contribution in [0.1, 0.15) is 149 Å². The first kappa shape index (κ1) is 44.2. The Kier molecular flexibility index (Phi) is 31.9. The van der Waals surface area contributed by atoms with Crippen LogP contribution in [0, 0.1) is 0 Å². The van der Waals surface area contributed by atoms with E-state index in [9.17, 15) is 19.0 Å². The van der Waals surface area contributed by atoms with Gasteiger partial charge in [0.15, 0.2) is 6.10 Å². The lowest BCUT2D eigenvalue weighted by molar-refractivity contribution is -0.161. The summed E-state index contributed by atoms with van der Waals surface area (Å²) in [4.78, 5) is 34.4. The van der Waals surface area contributed by atoms with Crippen LogP contribution < -0.4 is 5.73 Å². The number of phosphoric acid groups is 1. The van der Waals surface area contributed by atoms with E-state index in [0.29, 0.717) is 6.42 Å². The zero-order valence-corrected chi connectivity index (χ0v) is 29.9. The number of unbranched alkanes of at least 4 members (excludes halogenated alkanes) is 14. The molecular formula is C36H66NO8P. The minimum Gasteiger partial charge on any atom is -0.462 e. The summed E-state index contributed by atoms with van der Waals surface area (Å²) >= 11 is 0. The number of carbonyl (C=O) groups is 2. The van der Waals surface area contributed by atoms with Crippen LogP contribution in [-0.2, 0) is 32.7 Å². The Morgan fingerprint density at radius 1 is 0.652 bits per heavy atom. The Balaban J connectivity index is 4.17. The van der Waals surface area contributed by atoms with E-state index < -0.39 is 32.5 Å². The van der Waals surface area contributed by atoms with Gasteiger partial charge in [-0.15, -0.1) is 0 Å². The molecule has 0 amide bonds. The standard InChI is InChI=1S/C36H66NO8P/c1-3-5-7-9-11-12-13-14-15-16-17-18-19-20-21-22-23-25-27-29-36(39)45-34(33-44-46(40,41)43-31-30-37)32-42-35(38)28-26-24-10-8-6-4-2/h11-12,14-15,17-18,34H,3-10,13,16,19-33,37H2,1-2H3,(H,40,41)/b12-11-,15-14-,18-17-. The van der Waals surface area contributed by atoms with Crippen LogP contribution in [-0.4, -0.2) is 49.3 Å². The number of nitrogens with two attached hydrogens (primary N) is 1. The third-order valence-electron chi connectivity index (χ3n) is 7.28. The average Bonchev–Trinajstić information content (AvgIpc) is 3.04. The highest BCUT2D eigenvalue weighted by Gasteiger charge is 2.25. The topological polar surface area (TPSA) is 134 Å². The molecule has 46 heavy (non-hydrogen) atoms. The minimum atomic E-state index is -4.36. The number of esters is 2. The molecule has 2 atom stereocenters. The monoisotopic (exact) mass is 671 g/mol. The average molecular weight is 672 g/mol. The highest BCUT2D eigenvalue weighted by molar-refractivity contribution is 7.47. The molecule has 0 aliphatic carbocycles. The molecule has 0 radical (unpaired) electrons. The molecule has 9 nitrogen and oxygen atoms in total. The third-order valence-corrected chi connectivity index (χ3v) is 8.26. The smallest absolute Gasteiger partial charge is 0.462 e. The van der Waals surface area contributed by atoms with Gasteiger partial charge in [-0.25, -0.2) is 4.57 Å². The molecule has 0 rings (SSSR count). The predicted octanol–water partition coefficient (Wildman–Crippen LogP) is 9.43. The van der Waals surface area contributed by atoms with Crippen LogP contribution in [0.4, 0.5) is 0 Å². The molecule has 0 aliphatic rings. The lowest BCUT2D eigenvalue weighted by Crippen LogP contribution is -2.29. The lowest BCUT2D eigenvalue weighted by atomic mass is 10.1. The maximum Gasteiger partial charge on any atom is 0.472 e. The summed E-state index contributed by atoms with van der Waals surface area (Å²) in [6.45, 7) is 3.59. The number of allylic oxidation sites excluding steroid dienone is 6. The third kappa shape index (κ3) is 32.2. The van der Waals surface area contributed by atoms with Crippen molar-refractivity contribution < 1.29 is 37.6 Å². The van der Waals surface area contributed by atoms with Crippen LogP contribution in [0.2, 0.25) is 0 Å². The zero-order valence-electron chi connectivity index (χ0n) is 29.0. The number of carbonyl (C=O) groups excluding carboxylic acids is 2. The molecule has 0 bridgehead atoms. The number of phosphoric ester groups is 1. The number of hydrogen-bond donors (Lipinski definition) is 2. The molecule has 0 heterocycles. The Bertz CT molecular complexity index is 861. The molecule has 0 aromatic heterocycles. The summed E-state index contributed by atoms with van der Waals surface area (Å²) in [5.74, 6) is -0.856. The van der Waals surface area contributed by atoms with Gasteiger partial charge in [-0.2, -0.15) is 0 Å². The highest BCUT2D eigenvalue weighted by Crippen LogP contribution is 2.43. The molecular weight excluding hydrogens is 605 g/mol. The molecule has 10 heteroatoms. The molecule has 0 aromatic carbocycles. The zero-order chi connectivity index (χ0) is 34.0. The van der Waals surface area contributed by atoms with Crippen molar-refractivity contribution in [3.05, 3.63) is 36.5 Å². The van der Waals surface area contributed by atoms with Crippen LogP contribution in [0.5, 0.6) is 0 Å². The van der Waals surface area contributed by atoms with Crippen molar-refractivity contribution in [2.45, 2.75) is 155 Å². The van der Waals surface area contributed by atoms with E-state index in [-0.39, 0.29) is 32.6 Å².